The van der Waals surface area contributed by atoms with Crippen molar-refractivity contribution < 1.29 is 24.2 Å². The lowest BCUT2D eigenvalue weighted by Crippen LogP contribution is -2.45. The number of hydrogen-bond donors (Lipinski definition) is 2. The van der Waals surface area contributed by atoms with Crippen LogP contribution in [0.15, 0.2) is 48.5 Å². The molecule has 7 heteroatoms. The zero-order valence-electron chi connectivity index (χ0n) is 15.8. The van der Waals surface area contributed by atoms with E-state index in [0.717, 1.165) is 22.3 Å². The predicted molar refractivity (Wildman–Crippen MR) is 105 cm³/mol. The van der Waals surface area contributed by atoms with Gasteiger partial charge in [-0.2, -0.15) is 0 Å². The van der Waals surface area contributed by atoms with Gasteiger partial charge in [0.05, 0.1) is 0 Å². The smallest absolute Gasteiger partial charge is 0.407 e. The molecule has 2 amide bonds. The molecule has 1 fully saturated rings. The van der Waals surface area contributed by atoms with Crippen LogP contribution >= 0.6 is 0 Å². The fourth-order valence-corrected chi connectivity index (χ4v) is 4.22. The van der Waals surface area contributed by atoms with E-state index in [0.29, 0.717) is 19.4 Å². The van der Waals surface area contributed by atoms with Crippen molar-refractivity contribution in [2.24, 2.45) is 0 Å². The lowest BCUT2D eigenvalue weighted by molar-refractivity contribution is -0.147. The number of carboxylic acid groups (broad SMARTS) is 1. The van der Waals surface area contributed by atoms with Crippen LogP contribution in [0.1, 0.15) is 29.9 Å². The third-order valence-electron chi connectivity index (χ3n) is 5.59. The molecule has 1 unspecified atom stereocenters. The van der Waals surface area contributed by atoms with E-state index in [2.05, 4.69) is 17.4 Å². The van der Waals surface area contributed by atoms with E-state index in [1.807, 2.05) is 36.4 Å². The minimum Gasteiger partial charge on any atom is -0.480 e. The normalized spacial score (nSPS) is 17.5. The van der Waals surface area contributed by atoms with Crippen molar-refractivity contribution in [3.05, 3.63) is 59.7 Å². The molecule has 1 heterocycles. The Morgan fingerprint density at radius 2 is 1.66 bits per heavy atom. The molecule has 0 bridgehead atoms. The average Bonchev–Trinajstić information content (AvgIpc) is 3.34. The molecule has 1 saturated heterocycles. The zero-order valence-corrected chi connectivity index (χ0v) is 15.8. The number of nitrogens with zero attached hydrogens (tertiary/aromatic N) is 1. The molecule has 29 heavy (non-hydrogen) atoms. The fourth-order valence-electron chi connectivity index (χ4n) is 4.22. The van der Waals surface area contributed by atoms with Crippen LogP contribution in [0.4, 0.5) is 4.79 Å². The van der Waals surface area contributed by atoms with Gasteiger partial charge in [-0.05, 0) is 35.1 Å². The summed E-state index contributed by atoms with van der Waals surface area (Å²) in [4.78, 5) is 36.9. The van der Waals surface area contributed by atoms with Crippen molar-refractivity contribution in [2.45, 2.75) is 24.8 Å². The van der Waals surface area contributed by atoms with Crippen LogP contribution in [0.25, 0.3) is 11.1 Å². The largest absolute Gasteiger partial charge is 0.480 e. The highest BCUT2D eigenvalue weighted by atomic mass is 16.5. The highest BCUT2D eigenvalue weighted by molar-refractivity contribution is 5.87. The van der Waals surface area contributed by atoms with E-state index in [1.54, 1.807) is 0 Å². The predicted octanol–water partition coefficient (Wildman–Crippen LogP) is 2.60. The molecule has 2 aromatic rings. The summed E-state index contributed by atoms with van der Waals surface area (Å²) in [5.74, 6) is -1.49. The second-order valence-electron chi connectivity index (χ2n) is 7.26. The van der Waals surface area contributed by atoms with Crippen LogP contribution in [0, 0.1) is 0 Å². The number of nitrogens with one attached hydrogen (secondary N) is 1. The number of carboxylic acids is 1. The molecule has 2 aromatic carbocycles. The van der Waals surface area contributed by atoms with E-state index in [4.69, 9.17) is 9.84 Å². The van der Waals surface area contributed by atoms with Crippen LogP contribution in [0.5, 0.6) is 0 Å². The van der Waals surface area contributed by atoms with Gasteiger partial charge in [0.25, 0.3) is 0 Å². The quantitative estimate of drug-likeness (QED) is 0.813. The van der Waals surface area contributed by atoms with Gasteiger partial charge in [-0.15, -0.1) is 0 Å². The minimum absolute atomic E-state index is 0.0566. The molecule has 0 saturated carbocycles. The summed E-state index contributed by atoms with van der Waals surface area (Å²) in [7, 11) is 0. The molecule has 0 radical (unpaired) electrons. The number of carbonyl (C=O) groups is 3. The summed E-state index contributed by atoms with van der Waals surface area (Å²) in [5, 5.41) is 11.6. The van der Waals surface area contributed by atoms with Gasteiger partial charge in [-0.25, -0.2) is 9.59 Å². The molecular formula is C22H22N2O5. The number of likely N-dealkylation sites (tertiary alicyclic amines) is 1. The second-order valence-corrected chi connectivity index (χ2v) is 7.26. The highest BCUT2D eigenvalue weighted by Gasteiger charge is 2.34. The van der Waals surface area contributed by atoms with Crippen LogP contribution in [-0.2, 0) is 14.3 Å². The zero-order chi connectivity index (χ0) is 20.4. The standard InChI is InChI=1S/C22H22N2O5/c25-20(24-11-5-10-19(24)21(26)27)12-23-22(28)29-13-18-16-8-3-1-6-14(16)15-7-2-4-9-17(15)18/h1-4,6-9,18-19H,5,10-13H2,(H,23,28)(H,26,27). The van der Waals surface area contributed by atoms with Gasteiger partial charge < -0.3 is 20.1 Å². The Labute approximate surface area is 168 Å². The number of fused-ring (bicyclic) bond motifs is 3. The Bertz CT molecular complexity index is 912. The van der Waals surface area contributed by atoms with Gasteiger partial charge in [0.15, 0.2) is 0 Å². The Morgan fingerprint density at radius 3 is 2.28 bits per heavy atom. The molecule has 150 valence electrons. The number of carbonyl (C=O) groups excluding carboxylic acids is 2. The third-order valence-corrected chi connectivity index (χ3v) is 5.59. The van der Waals surface area contributed by atoms with E-state index >= 15 is 0 Å². The summed E-state index contributed by atoms with van der Waals surface area (Å²) in [6.45, 7) is 0.276. The highest BCUT2D eigenvalue weighted by Crippen LogP contribution is 2.44. The molecule has 1 aliphatic carbocycles. The van der Waals surface area contributed by atoms with E-state index in [-0.39, 0.29) is 19.1 Å². The van der Waals surface area contributed by atoms with Gasteiger partial charge in [0.2, 0.25) is 5.91 Å². The van der Waals surface area contributed by atoms with Crippen molar-refractivity contribution in [3.8, 4) is 11.1 Å². The maximum Gasteiger partial charge on any atom is 0.407 e. The first-order chi connectivity index (χ1) is 14.1. The average molecular weight is 394 g/mol. The fraction of sp³-hybridized carbons (Fsp3) is 0.318. The van der Waals surface area contributed by atoms with Crippen molar-refractivity contribution in [1.82, 2.24) is 10.2 Å². The maximum absolute atomic E-state index is 12.2. The lowest BCUT2D eigenvalue weighted by Gasteiger charge is -2.21. The number of aliphatic carboxylic acids is 1. The Morgan fingerprint density at radius 1 is 1.03 bits per heavy atom. The van der Waals surface area contributed by atoms with E-state index in [1.165, 1.54) is 4.90 Å². The maximum atomic E-state index is 12.2. The molecular weight excluding hydrogens is 372 g/mol. The summed E-state index contributed by atoms with van der Waals surface area (Å²) < 4.78 is 5.39. The molecule has 2 N–H and O–H groups in total. The summed E-state index contributed by atoms with van der Waals surface area (Å²) in [6.07, 6.45) is 0.394. The van der Waals surface area contributed by atoms with Gasteiger partial charge in [-0.3, -0.25) is 4.79 Å². The molecule has 7 nitrogen and oxygen atoms in total. The number of hydrogen-bond acceptors (Lipinski definition) is 4. The van der Waals surface area contributed by atoms with Crippen LogP contribution < -0.4 is 5.32 Å². The monoisotopic (exact) mass is 394 g/mol. The number of alkyl carbamates (subject to hydrolysis) is 1. The Kier molecular flexibility index (Phi) is 5.20. The Balaban J connectivity index is 1.35. The molecule has 0 spiro atoms. The van der Waals surface area contributed by atoms with E-state index < -0.39 is 24.0 Å². The van der Waals surface area contributed by atoms with Gasteiger partial charge in [0, 0.05) is 12.5 Å². The number of ether oxygens (including phenoxy) is 1. The van der Waals surface area contributed by atoms with E-state index in [9.17, 15) is 14.4 Å². The molecule has 1 aliphatic heterocycles. The van der Waals surface area contributed by atoms with Gasteiger partial charge in [0.1, 0.15) is 19.2 Å². The summed E-state index contributed by atoms with van der Waals surface area (Å²) in [5.41, 5.74) is 4.50. The summed E-state index contributed by atoms with van der Waals surface area (Å²) in [6, 6.07) is 15.3. The van der Waals surface area contributed by atoms with Crippen molar-refractivity contribution in [3.63, 3.8) is 0 Å². The summed E-state index contributed by atoms with van der Waals surface area (Å²) >= 11 is 0. The lowest BCUT2D eigenvalue weighted by atomic mass is 9.98. The van der Waals surface area contributed by atoms with Crippen LogP contribution in [0.3, 0.4) is 0 Å². The molecule has 4 rings (SSSR count). The van der Waals surface area contributed by atoms with Crippen molar-refractivity contribution in [1.29, 1.82) is 0 Å². The number of benzene rings is 2. The topological polar surface area (TPSA) is 95.9 Å². The molecule has 1 atom stereocenters. The minimum atomic E-state index is -1.02. The van der Waals surface area contributed by atoms with Crippen molar-refractivity contribution >= 4 is 18.0 Å². The van der Waals surface area contributed by atoms with Crippen molar-refractivity contribution in [2.75, 3.05) is 19.7 Å². The number of rotatable bonds is 5. The van der Waals surface area contributed by atoms with Gasteiger partial charge in [-0.1, -0.05) is 48.5 Å². The first-order valence-corrected chi connectivity index (χ1v) is 9.67. The molecule has 0 aromatic heterocycles. The van der Waals surface area contributed by atoms with Crippen LogP contribution in [-0.4, -0.2) is 53.7 Å². The molecule has 2 aliphatic rings. The second kappa shape index (κ2) is 7.95. The number of amides is 2. The van der Waals surface area contributed by atoms with Crippen LogP contribution in [0.2, 0.25) is 0 Å². The SMILES string of the molecule is O=C(NCC(=O)N1CCCC1C(=O)O)OCC1c2ccccc2-c2ccccc21. The third kappa shape index (κ3) is 3.68. The van der Waals surface area contributed by atoms with Gasteiger partial charge >= 0.3 is 12.1 Å². The first-order valence-electron chi connectivity index (χ1n) is 9.67. The Hall–Kier alpha value is -3.35. The first kappa shape index (κ1) is 19.0.